The Morgan fingerprint density at radius 2 is 1.84 bits per heavy atom. The zero-order valence-corrected chi connectivity index (χ0v) is 19.1. The molecule has 2 amide bonds. The summed E-state index contributed by atoms with van der Waals surface area (Å²) in [6, 6.07) is 1.60. The first-order chi connectivity index (χ1) is 14.5. The summed E-state index contributed by atoms with van der Waals surface area (Å²) in [6.07, 6.45) is 0.825. The number of nitrogens with two attached hydrogens (primary N) is 1. The maximum Gasteiger partial charge on any atom is 0.333 e. The fourth-order valence-corrected chi connectivity index (χ4v) is 4.03. The summed E-state index contributed by atoms with van der Waals surface area (Å²) < 4.78 is 46.9. The number of sulfonamides is 1. The predicted molar refractivity (Wildman–Crippen MR) is 119 cm³/mol. The fourth-order valence-electron chi connectivity index (χ4n) is 3.09. The van der Waals surface area contributed by atoms with Crippen molar-refractivity contribution in [2.45, 2.75) is 45.6 Å². The molecule has 0 saturated carbocycles. The molecular formula is C20H30FN5O4S. The maximum absolute atomic E-state index is 14.1. The van der Waals surface area contributed by atoms with Gasteiger partial charge in [0, 0.05) is 11.9 Å². The number of likely N-dealkylation sites (N-methyl/N-ethyl adjacent to an activating group) is 1. The number of carbonyl (C=O) groups excluding carboxylic acids is 1. The number of urea groups is 1. The molecule has 9 nitrogen and oxygen atoms in total. The van der Waals surface area contributed by atoms with Crippen molar-refractivity contribution in [3.8, 4) is 0 Å². The predicted octanol–water partition coefficient (Wildman–Crippen LogP) is 2.34. The number of hydrogen-bond acceptors (Lipinski definition) is 7. The fraction of sp³-hybridized carbons (Fsp3) is 0.500. The Kier molecular flexibility index (Phi) is 8.02. The van der Waals surface area contributed by atoms with Crippen molar-refractivity contribution < 1.29 is 22.3 Å². The van der Waals surface area contributed by atoms with Gasteiger partial charge in [0.15, 0.2) is 4.91 Å². The minimum Gasteiger partial charge on any atom is -0.475 e. The van der Waals surface area contributed by atoms with Crippen LogP contribution >= 0.6 is 0 Å². The highest BCUT2D eigenvalue weighted by Crippen LogP contribution is 2.33. The van der Waals surface area contributed by atoms with Gasteiger partial charge in [0.2, 0.25) is 5.90 Å². The molecule has 1 aliphatic rings. The summed E-state index contributed by atoms with van der Waals surface area (Å²) in [5.41, 5.74) is 6.99. The molecule has 0 aromatic heterocycles. The van der Waals surface area contributed by atoms with Crippen LogP contribution in [0.2, 0.25) is 0 Å². The van der Waals surface area contributed by atoms with Gasteiger partial charge in [-0.1, -0.05) is 27.7 Å². The van der Waals surface area contributed by atoms with Gasteiger partial charge in [0.05, 0.1) is 12.6 Å². The van der Waals surface area contributed by atoms with Crippen molar-refractivity contribution in [1.82, 2.24) is 10.0 Å². The Morgan fingerprint density at radius 3 is 2.26 bits per heavy atom. The SMILES string of the molecule is CN[C@@H]1CN=C(C(=CN)S(=O)(=O)NC(=O)Nc2c(C(C)C)cc(F)cc2C(C)C)OC1. The molecule has 1 heterocycles. The van der Waals surface area contributed by atoms with Gasteiger partial charge in [-0.2, -0.15) is 0 Å². The molecule has 2 rings (SSSR count). The molecule has 1 atom stereocenters. The zero-order chi connectivity index (χ0) is 23.3. The van der Waals surface area contributed by atoms with Crippen molar-refractivity contribution in [3.05, 3.63) is 40.2 Å². The third-order valence-electron chi connectivity index (χ3n) is 4.81. The van der Waals surface area contributed by atoms with Crippen molar-refractivity contribution in [3.63, 3.8) is 0 Å². The third kappa shape index (κ3) is 5.95. The number of carbonyl (C=O) groups is 1. The molecule has 0 spiro atoms. The third-order valence-corrected chi connectivity index (χ3v) is 6.15. The van der Waals surface area contributed by atoms with E-state index in [9.17, 15) is 17.6 Å². The van der Waals surface area contributed by atoms with E-state index in [2.05, 4.69) is 15.6 Å². The lowest BCUT2D eigenvalue weighted by molar-refractivity contribution is 0.244. The molecule has 172 valence electrons. The number of aliphatic imine (C=N–C) groups is 1. The number of hydrogen-bond donors (Lipinski definition) is 4. The van der Waals surface area contributed by atoms with Crippen LogP contribution in [-0.4, -0.2) is 46.6 Å². The number of rotatable bonds is 7. The van der Waals surface area contributed by atoms with Crippen LogP contribution in [0.5, 0.6) is 0 Å². The van der Waals surface area contributed by atoms with Gasteiger partial charge >= 0.3 is 6.03 Å². The average molecular weight is 456 g/mol. The molecule has 0 saturated heterocycles. The van der Waals surface area contributed by atoms with Crippen molar-refractivity contribution in [2.24, 2.45) is 10.7 Å². The van der Waals surface area contributed by atoms with Gasteiger partial charge in [-0.15, -0.1) is 0 Å². The lowest BCUT2D eigenvalue weighted by Gasteiger charge is -2.23. The van der Waals surface area contributed by atoms with Gasteiger partial charge in [-0.3, -0.25) is 0 Å². The van der Waals surface area contributed by atoms with Gasteiger partial charge < -0.3 is 21.1 Å². The van der Waals surface area contributed by atoms with Gasteiger partial charge in [-0.25, -0.2) is 27.3 Å². The minimum atomic E-state index is -4.37. The Balaban J connectivity index is 2.28. The molecule has 31 heavy (non-hydrogen) atoms. The maximum atomic E-state index is 14.1. The molecule has 11 heteroatoms. The van der Waals surface area contributed by atoms with Crippen LogP contribution < -0.4 is 21.1 Å². The van der Waals surface area contributed by atoms with Crippen LogP contribution in [0.25, 0.3) is 0 Å². The van der Waals surface area contributed by atoms with Crippen molar-refractivity contribution in [1.29, 1.82) is 0 Å². The summed E-state index contributed by atoms with van der Waals surface area (Å²) in [5.74, 6) is -0.803. The normalized spacial score (nSPS) is 17.4. The number of nitrogens with zero attached hydrogens (tertiary/aromatic N) is 1. The second-order valence-electron chi connectivity index (χ2n) is 7.80. The van der Waals surface area contributed by atoms with E-state index in [0.29, 0.717) is 23.4 Å². The smallest absolute Gasteiger partial charge is 0.333 e. The van der Waals surface area contributed by atoms with E-state index in [1.54, 1.807) is 7.05 Å². The molecule has 0 aliphatic carbocycles. The summed E-state index contributed by atoms with van der Waals surface area (Å²) in [5, 5.41) is 5.54. The molecule has 1 aromatic rings. The quantitative estimate of drug-likeness (QED) is 0.498. The molecule has 0 radical (unpaired) electrons. The van der Waals surface area contributed by atoms with E-state index < -0.39 is 26.8 Å². The number of ether oxygens (including phenoxy) is 1. The van der Waals surface area contributed by atoms with Crippen LogP contribution in [0, 0.1) is 5.82 Å². The summed E-state index contributed by atoms with van der Waals surface area (Å²) in [7, 11) is -2.63. The van der Waals surface area contributed by atoms with Gasteiger partial charge in [-0.05, 0) is 42.1 Å². The van der Waals surface area contributed by atoms with Gasteiger partial charge in [0.25, 0.3) is 10.0 Å². The lowest BCUT2D eigenvalue weighted by atomic mass is 9.92. The Hall–Kier alpha value is -2.66. The van der Waals surface area contributed by atoms with Crippen LogP contribution in [-0.2, 0) is 14.8 Å². The highest BCUT2D eigenvalue weighted by atomic mass is 32.2. The standard InChI is InChI=1S/C20H30FN5O4S/c1-11(2)15-6-13(21)7-16(12(3)4)18(15)25-20(27)26-31(28,29)17(8-22)19-24-9-14(23-5)10-30-19/h6-8,11-12,14,23H,9-10,22H2,1-5H3,(H2,25,26,27)/t14-/m1/s1. The Morgan fingerprint density at radius 1 is 1.26 bits per heavy atom. The van der Waals surface area contributed by atoms with Crippen LogP contribution in [0.1, 0.15) is 50.7 Å². The summed E-state index contributed by atoms with van der Waals surface area (Å²) in [4.78, 5) is 16.3. The van der Waals surface area contributed by atoms with E-state index >= 15 is 0 Å². The van der Waals surface area contributed by atoms with Crippen LogP contribution in [0.15, 0.2) is 28.2 Å². The first kappa shape index (κ1) is 24.6. The van der Waals surface area contributed by atoms with E-state index in [1.165, 1.54) is 12.1 Å². The molecule has 1 aliphatic heterocycles. The van der Waals surface area contributed by atoms with Gasteiger partial charge in [0.1, 0.15) is 12.4 Å². The molecule has 0 bridgehead atoms. The number of anilines is 1. The lowest BCUT2D eigenvalue weighted by Crippen LogP contribution is -2.42. The highest BCUT2D eigenvalue weighted by Gasteiger charge is 2.30. The molecule has 1 aromatic carbocycles. The van der Waals surface area contributed by atoms with E-state index in [0.717, 1.165) is 6.20 Å². The Bertz CT molecular complexity index is 960. The number of benzene rings is 1. The van der Waals surface area contributed by atoms with E-state index in [1.807, 2.05) is 32.4 Å². The van der Waals surface area contributed by atoms with E-state index in [4.69, 9.17) is 10.5 Å². The van der Waals surface area contributed by atoms with Crippen molar-refractivity contribution in [2.75, 3.05) is 25.5 Å². The molecular weight excluding hydrogens is 425 g/mol. The van der Waals surface area contributed by atoms with E-state index in [-0.39, 0.29) is 30.4 Å². The van der Waals surface area contributed by atoms with Crippen LogP contribution in [0.4, 0.5) is 14.9 Å². The first-order valence-corrected chi connectivity index (χ1v) is 11.4. The second-order valence-corrected chi connectivity index (χ2v) is 9.45. The number of amides is 2. The van der Waals surface area contributed by atoms with Crippen LogP contribution in [0.3, 0.4) is 0 Å². The number of nitrogens with one attached hydrogen (secondary N) is 3. The highest BCUT2D eigenvalue weighted by molar-refractivity contribution is 7.94. The Labute approximate surface area is 182 Å². The number of halogens is 1. The van der Waals surface area contributed by atoms with Crippen molar-refractivity contribution >= 4 is 27.6 Å². The zero-order valence-electron chi connectivity index (χ0n) is 18.3. The largest absolute Gasteiger partial charge is 0.475 e. The minimum absolute atomic E-state index is 0.0517. The summed E-state index contributed by atoms with van der Waals surface area (Å²) in [6.45, 7) is 7.92. The molecule has 0 fully saturated rings. The first-order valence-electron chi connectivity index (χ1n) is 9.94. The second kappa shape index (κ2) is 10.1. The monoisotopic (exact) mass is 455 g/mol. The topological polar surface area (TPSA) is 135 Å². The summed E-state index contributed by atoms with van der Waals surface area (Å²) >= 11 is 0. The molecule has 0 unspecified atom stereocenters. The average Bonchev–Trinajstić information content (AvgIpc) is 2.69. The molecule has 5 N–H and O–H groups in total.